The Balaban J connectivity index is 2.40. The van der Waals surface area contributed by atoms with E-state index in [0.717, 1.165) is 19.6 Å². The SMILES string of the molecule is CC(C)NC(=O)NC(=O)CN1CCN(C)CC1CN. The summed E-state index contributed by atoms with van der Waals surface area (Å²) in [4.78, 5) is 27.4. The number of nitrogens with one attached hydrogen (secondary N) is 2. The first-order valence-corrected chi connectivity index (χ1v) is 6.65. The molecule has 0 bridgehead atoms. The maximum atomic E-state index is 11.8. The van der Waals surface area contributed by atoms with Crippen LogP contribution in [0.4, 0.5) is 4.79 Å². The van der Waals surface area contributed by atoms with Gasteiger partial charge in [-0.2, -0.15) is 0 Å². The number of nitrogens with two attached hydrogens (primary N) is 1. The fourth-order valence-corrected chi connectivity index (χ4v) is 2.13. The van der Waals surface area contributed by atoms with E-state index in [4.69, 9.17) is 5.73 Å². The summed E-state index contributed by atoms with van der Waals surface area (Å²) >= 11 is 0. The van der Waals surface area contributed by atoms with Crippen molar-refractivity contribution in [3.8, 4) is 0 Å². The van der Waals surface area contributed by atoms with E-state index in [0.29, 0.717) is 6.54 Å². The van der Waals surface area contributed by atoms with Crippen molar-refractivity contribution in [2.24, 2.45) is 5.73 Å². The molecule has 19 heavy (non-hydrogen) atoms. The lowest BCUT2D eigenvalue weighted by Gasteiger charge is -2.38. The predicted octanol–water partition coefficient (Wildman–Crippen LogP) is -1.20. The Morgan fingerprint density at radius 2 is 2.05 bits per heavy atom. The van der Waals surface area contributed by atoms with Gasteiger partial charge in [-0.05, 0) is 20.9 Å². The van der Waals surface area contributed by atoms with Gasteiger partial charge in [0.15, 0.2) is 0 Å². The zero-order valence-corrected chi connectivity index (χ0v) is 12.0. The fraction of sp³-hybridized carbons (Fsp3) is 0.833. The van der Waals surface area contributed by atoms with Gasteiger partial charge in [0.1, 0.15) is 0 Å². The molecule has 1 fully saturated rings. The first kappa shape index (κ1) is 15.9. The van der Waals surface area contributed by atoms with Crippen molar-refractivity contribution in [1.82, 2.24) is 20.4 Å². The summed E-state index contributed by atoms with van der Waals surface area (Å²) in [6.45, 7) is 6.95. The van der Waals surface area contributed by atoms with Crippen LogP contribution in [-0.4, -0.2) is 73.6 Å². The lowest BCUT2D eigenvalue weighted by molar-refractivity contribution is -0.122. The molecule has 1 aliphatic rings. The number of nitrogens with zero attached hydrogens (tertiary/aromatic N) is 2. The van der Waals surface area contributed by atoms with E-state index in [2.05, 4.69) is 15.5 Å². The van der Waals surface area contributed by atoms with Crippen molar-refractivity contribution in [2.75, 3.05) is 39.8 Å². The molecule has 7 heteroatoms. The summed E-state index contributed by atoms with van der Waals surface area (Å²) in [6.07, 6.45) is 0. The third-order valence-corrected chi connectivity index (χ3v) is 3.10. The normalized spacial score (nSPS) is 21.4. The van der Waals surface area contributed by atoms with Crippen LogP contribution in [0.5, 0.6) is 0 Å². The van der Waals surface area contributed by atoms with E-state index < -0.39 is 6.03 Å². The zero-order valence-electron chi connectivity index (χ0n) is 12.0. The quantitative estimate of drug-likeness (QED) is 0.597. The van der Waals surface area contributed by atoms with Crippen molar-refractivity contribution >= 4 is 11.9 Å². The van der Waals surface area contributed by atoms with E-state index in [1.54, 1.807) is 0 Å². The first-order valence-electron chi connectivity index (χ1n) is 6.65. The maximum Gasteiger partial charge on any atom is 0.321 e. The topological polar surface area (TPSA) is 90.7 Å². The van der Waals surface area contributed by atoms with Crippen molar-refractivity contribution in [3.05, 3.63) is 0 Å². The molecule has 0 aromatic carbocycles. The fourth-order valence-electron chi connectivity index (χ4n) is 2.13. The van der Waals surface area contributed by atoms with Crippen LogP contribution in [0.25, 0.3) is 0 Å². The highest BCUT2D eigenvalue weighted by molar-refractivity contribution is 5.95. The molecule has 0 aromatic rings. The Labute approximate surface area is 114 Å². The van der Waals surface area contributed by atoms with E-state index in [1.165, 1.54) is 0 Å². The number of carbonyl (C=O) groups excluding carboxylic acids is 2. The average Bonchev–Trinajstić information content (AvgIpc) is 2.30. The second kappa shape index (κ2) is 7.42. The van der Waals surface area contributed by atoms with Gasteiger partial charge in [0.2, 0.25) is 5.91 Å². The molecule has 1 heterocycles. The van der Waals surface area contributed by atoms with E-state index in [-0.39, 0.29) is 24.5 Å². The molecule has 0 aromatic heterocycles. The van der Waals surface area contributed by atoms with Crippen LogP contribution in [0.15, 0.2) is 0 Å². The molecule has 0 spiro atoms. The Morgan fingerprint density at radius 3 is 2.63 bits per heavy atom. The standard InChI is InChI=1S/C12H25N5O2/c1-9(2)14-12(19)15-11(18)8-17-5-4-16(3)7-10(17)6-13/h9-10H,4-8,13H2,1-3H3,(H2,14,15,18,19). The third-order valence-electron chi connectivity index (χ3n) is 3.10. The van der Waals surface area contributed by atoms with E-state index in [1.807, 2.05) is 25.8 Å². The van der Waals surface area contributed by atoms with Crippen LogP contribution in [-0.2, 0) is 4.79 Å². The first-order chi connectivity index (χ1) is 8.92. The molecule has 3 amide bonds. The smallest absolute Gasteiger partial charge is 0.321 e. The van der Waals surface area contributed by atoms with Gasteiger partial charge >= 0.3 is 6.03 Å². The number of piperazine rings is 1. The Hall–Kier alpha value is -1.18. The number of carbonyl (C=O) groups is 2. The number of rotatable bonds is 4. The summed E-state index contributed by atoms with van der Waals surface area (Å²) in [5, 5.41) is 4.95. The van der Waals surface area contributed by atoms with Crippen molar-refractivity contribution in [1.29, 1.82) is 0 Å². The Kier molecular flexibility index (Phi) is 6.20. The molecule has 4 N–H and O–H groups in total. The number of hydrogen-bond donors (Lipinski definition) is 3. The summed E-state index contributed by atoms with van der Waals surface area (Å²) in [6, 6.07) is -0.274. The molecule has 1 saturated heterocycles. The minimum absolute atomic E-state index is 0.00762. The Morgan fingerprint density at radius 1 is 1.37 bits per heavy atom. The van der Waals surface area contributed by atoms with Crippen LogP contribution in [0.3, 0.4) is 0 Å². The third kappa shape index (κ3) is 5.54. The Bertz CT molecular complexity index is 321. The van der Waals surface area contributed by atoms with Crippen molar-refractivity contribution in [2.45, 2.75) is 25.9 Å². The molecule has 1 rings (SSSR count). The predicted molar refractivity (Wildman–Crippen MR) is 73.7 cm³/mol. The summed E-state index contributed by atoms with van der Waals surface area (Å²) in [5.41, 5.74) is 5.72. The maximum absolute atomic E-state index is 11.8. The second-order valence-corrected chi connectivity index (χ2v) is 5.30. The van der Waals surface area contributed by atoms with Crippen molar-refractivity contribution in [3.63, 3.8) is 0 Å². The van der Waals surface area contributed by atoms with Gasteiger partial charge in [0, 0.05) is 38.3 Å². The highest BCUT2D eigenvalue weighted by atomic mass is 16.2. The summed E-state index contributed by atoms with van der Waals surface area (Å²) < 4.78 is 0. The zero-order chi connectivity index (χ0) is 14.4. The molecule has 0 radical (unpaired) electrons. The number of imide groups is 1. The van der Waals surface area contributed by atoms with E-state index in [9.17, 15) is 9.59 Å². The largest absolute Gasteiger partial charge is 0.336 e. The molecular formula is C12H25N5O2. The molecule has 7 nitrogen and oxygen atoms in total. The number of urea groups is 1. The molecule has 0 aliphatic carbocycles. The van der Waals surface area contributed by atoms with Gasteiger partial charge in [-0.1, -0.05) is 0 Å². The molecule has 110 valence electrons. The summed E-state index contributed by atoms with van der Waals surface area (Å²) in [5.74, 6) is -0.291. The lowest BCUT2D eigenvalue weighted by atomic mass is 10.1. The highest BCUT2D eigenvalue weighted by Gasteiger charge is 2.26. The van der Waals surface area contributed by atoms with Crippen LogP contribution >= 0.6 is 0 Å². The molecule has 1 aliphatic heterocycles. The minimum Gasteiger partial charge on any atom is -0.336 e. The number of amides is 3. The van der Waals surface area contributed by atoms with Crippen LogP contribution in [0, 0.1) is 0 Å². The lowest BCUT2D eigenvalue weighted by Crippen LogP contribution is -2.57. The van der Waals surface area contributed by atoms with Crippen LogP contribution in [0.1, 0.15) is 13.8 Å². The van der Waals surface area contributed by atoms with E-state index >= 15 is 0 Å². The average molecular weight is 271 g/mol. The van der Waals surface area contributed by atoms with Gasteiger partial charge in [-0.15, -0.1) is 0 Å². The van der Waals surface area contributed by atoms with Gasteiger partial charge in [-0.25, -0.2) is 4.79 Å². The van der Waals surface area contributed by atoms with Gasteiger partial charge < -0.3 is 16.0 Å². The monoisotopic (exact) mass is 271 g/mol. The summed E-state index contributed by atoms with van der Waals surface area (Å²) in [7, 11) is 2.04. The molecule has 1 unspecified atom stereocenters. The van der Waals surface area contributed by atoms with Crippen LogP contribution in [0.2, 0.25) is 0 Å². The molecule has 1 atom stereocenters. The van der Waals surface area contributed by atoms with Crippen molar-refractivity contribution < 1.29 is 9.59 Å². The van der Waals surface area contributed by atoms with Gasteiger partial charge in [0.05, 0.1) is 6.54 Å². The molecular weight excluding hydrogens is 246 g/mol. The minimum atomic E-state index is -0.446. The number of likely N-dealkylation sites (N-methyl/N-ethyl adjacent to an activating group) is 1. The van der Waals surface area contributed by atoms with Gasteiger partial charge in [-0.3, -0.25) is 15.0 Å². The number of hydrogen-bond acceptors (Lipinski definition) is 5. The molecule has 0 saturated carbocycles. The highest BCUT2D eigenvalue weighted by Crippen LogP contribution is 2.06. The second-order valence-electron chi connectivity index (χ2n) is 5.30. The van der Waals surface area contributed by atoms with Crippen LogP contribution < -0.4 is 16.4 Å². The van der Waals surface area contributed by atoms with Gasteiger partial charge in [0.25, 0.3) is 0 Å².